The normalized spacial score (nSPS) is 12.1. The van der Waals surface area contributed by atoms with E-state index in [4.69, 9.17) is 11.6 Å². The minimum atomic E-state index is -0.905. The van der Waals surface area contributed by atoms with Crippen molar-refractivity contribution >= 4 is 28.9 Å². The number of carbonyl (C=O) groups is 1. The van der Waals surface area contributed by atoms with E-state index in [2.05, 4.69) is 4.98 Å². The molecule has 0 spiro atoms. The van der Waals surface area contributed by atoms with E-state index in [1.807, 2.05) is 13.0 Å². The first-order valence-corrected chi connectivity index (χ1v) is 8.83. The highest BCUT2D eigenvalue weighted by atomic mass is 35.5. The molecule has 0 saturated carbocycles. The van der Waals surface area contributed by atoms with E-state index < -0.39 is 5.97 Å². The Morgan fingerprint density at radius 2 is 2.12 bits per heavy atom. The molecule has 0 aliphatic carbocycles. The van der Waals surface area contributed by atoms with Crippen LogP contribution in [0.5, 0.6) is 0 Å². The monoisotopic (exact) mass is 375 g/mol. The second-order valence-electron chi connectivity index (χ2n) is 5.71. The van der Waals surface area contributed by atoms with Gasteiger partial charge < -0.3 is 5.11 Å². The number of benzene rings is 2. The third-order valence-corrected chi connectivity index (χ3v) is 5.11. The van der Waals surface area contributed by atoms with Crippen molar-refractivity contribution in [3.05, 3.63) is 74.9 Å². The lowest BCUT2D eigenvalue weighted by Crippen LogP contribution is -2.08. The number of aryl methyl sites for hydroxylation is 1. The summed E-state index contributed by atoms with van der Waals surface area (Å²) in [5, 5.41) is 10.5. The topological polar surface area (TPSA) is 50.2 Å². The number of aliphatic carboxylic acids is 1. The molecule has 0 radical (unpaired) electrons. The maximum absolute atomic E-state index is 14.2. The van der Waals surface area contributed by atoms with Gasteiger partial charge in [-0.3, -0.25) is 4.79 Å². The molecule has 1 N–H and O–H groups in total. The average Bonchev–Trinajstić information content (AvgIpc) is 3.01. The second kappa shape index (κ2) is 7.33. The number of hydrogen-bond donors (Lipinski definition) is 1. The van der Waals surface area contributed by atoms with Crippen LogP contribution in [0.2, 0.25) is 5.02 Å². The largest absolute Gasteiger partial charge is 0.481 e. The summed E-state index contributed by atoms with van der Waals surface area (Å²) in [7, 11) is 0. The lowest BCUT2D eigenvalue weighted by Gasteiger charge is -2.14. The van der Waals surface area contributed by atoms with Crippen LogP contribution in [0.4, 0.5) is 4.39 Å². The van der Waals surface area contributed by atoms with Gasteiger partial charge in [-0.15, -0.1) is 11.3 Å². The Morgan fingerprint density at radius 3 is 2.80 bits per heavy atom. The van der Waals surface area contributed by atoms with Crippen molar-refractivity contribution in [2.75, 3.05) is 0 Å². The van der Waals surface area contributed by atoms with Gasteiger partial charge in [-0.05, 0) is 36.2 Å². The summed E-state index contributed by atoms with van der Waals surface area (Å²) in [6.07, 6.45) is 1.66. The summed E-state index contributed by atoms with van der Waals surface area (Å²) in [5.74, 6) is -1.66. The number of halogens is 2. The summed E-state index contributed by atoms with van der Waals surface area (Å²) < 4.78 is 14.2. The number of carboxylic acid groups (broad SMARTS) is 1. The van der Waals surface area contributed by atoms with Crippen molar-refractivity contribution in [3.8, 4) is 11.1 Å². The molecule has 1 aromatic heterocycles. The van der Waals surface area contributed by atoms with Gasteiger partial charge in [0.2, 0.25) is 0 Å². The van der Waals surface area contributed by atoms with Crippen LogP contribution < -0.4 is 0 Å². The van der Waals surface area contributed by atoms with Gasteiger partial charge in [0, 0.05) is 27.6 Å². The summed E-state index contributed by atoms with van der Waals surface area (Å²) in [6, 6.07) is 11.6. The molecule has 128 valence electrons. The fraction of sp³-hybridized carbons (Fsp3) is 0.158. The Balaban J connectivity index is 2.06. The van der Waals surface area contributed by atoms with Crippen molar-refractivity contribution in [2.24, 2.45) is 0 Å². The SMILES string of the molecule is Cc1cnc(C(CC(=O)O)c2cccc(-c3cc(Cl)ccc3F)c2)s1. The molecule has 1 unspecified atom stereocenters. The van der Waals surface area contributed by atoms with Gasteiger partial charge >= 0.3 is 5.97 Å². The Bertz CT molecular complexity index is 925. The van der Waals surface area contributed by atoms with E-state index in [1.165, 1.54) is 23.5 Å². The standard InChI is InChI=1S/C19H15ClFNO2S/c1-11-10-22-19(25-11)16(9-18(23)24)13-4-2-3-12(7-13)15-8-14(20)5-6-17(15)21/h2-8,10,16H,9H2,1H3,(H,23,24). The van der Waals surface area contributed by atoms with Gasteiger partial charge in [0.05, 0.1) is 6.42 Å². The molecule has 2 aromatic carbocycles. The van der Waals surface area contributed by atoms with Crippen molar-refractivity contribution in [1.29, 1.82) is 0 Å². The van der Waals surface area contributed by atoms with Crippen molar-refractivity contribution in [2.45, 2.75) is 19.3 Å². The molecule has 3 aromatic rings. The molecule has 6 heteroatoms. The quantitative estimate of drug-likeness (QED) is 0.639. The van der Waals surface area contributed by atoms with E-state index in [0.29, 0.717) is 16.1 Å². The van der Waals surface area contributed by atoms with Gasteiger partial charge in [-0.2, -0.15) is 0 Å². The van der Waals surface area contributed by atoms with Crippen LogP contribution in [0.15, 0.2) is 48.7 Å². The van der Waals surface area contributed by atoms with Crippen molar-refractivity contribution < 1.29 is 14.3 Å². The van der Waals surface area contributed by atoms with E-state index >= 15 is 0 Å². The van der Waals surface area contributed by atoms with Gasteiger partial charge in [-0.25, -0.2) is 9.37 Å². The zero-order valence-corrected chi connectivity index (χ0v) is 14.9. The summed E-state index contributed by atoms with van der Waals surface area (Å²) in [5.41, 5.74) is 1.83. The average molecular weight is 376 g/mol. The van der Waals surface area contributed by atoms with Crippen molar-refractivity contribution in [1.82, 2.24) is 4.98 Å². The van der Waals surface area contributed by atoms with Crippen LogP contribution in [-0.2, 0) is 4.79 Å². The van der Waals surface area contributed by atoms with E-state index in [-0.39, 0.29) is 18.2 Å². The lowest BCUT2D eigenvalue weighted by atomic mass is 9.93. The van der Waals surface area contributed by atoms with Gasteiger partial charge in [-0.1, -0.05) is 35.9 Å². The highest BCUT2D eigenvalue weighted by Gasteiger charge is 2.21. The molecule has 1 heterocycles. The van der Waals surface area contributed by atoms with E-state index in [9.17, 15) is 14.3 Å². The first kappa shape index (κ1) is 17.6. The third-order valence-electron chi connectivity index (χ3n) is 3.84. The zero-order valence-electron chi connectivity index (χ0n) is 13.4. The van der Waals surface area contributed by atoms with Crippen LogP contribution in [0, 0.1) is 12.7 Å². The molecule has 0 aliphatic rings. The minimum absolute atomic E-state index is 0.0750. The molecular formula is C19H15ClFNO2S. The summed E-state index contributed by atoms with van der Waals surface area (Å²) in [4.78, 5) is 16.7. The molecule has 3 rings (SSSR count). The number of carboxylic acids is 1. The summed E-state index contributed by atoms with van der Waals surface area (Å²) >= 11 is 7.45. The number of hydrogen-bond acceptors (Lipinski definition) is 3. The molecule has 0 bridgehead atoms. The Labute approximate surface area is 153 Å². The summed E-state index contributed by atoms with van der Waals surface area (Å²) in [6.45, 7) is 1.93. The highest BCUT2D eigenvalue weighted by Crippen LogP contribution is 2.34. The van der Waals surface area contributed by atoms with E-state index in [1.54, 1.807) is 30.5 Å². The predicted octanol–water partition coefficient (Wildman–Crippen LogP) is 5.52. The van der Waals surface area contributed by atoms with Crippen LogP contribution in [-0.4, -0.2) is 16.1 Å². The second-order valence-corrected chi connectivity index (χ2v) is 7.41. The minimum Gasteiger partial charge on any atom is -0.481 e. The number of nitrogens with zero attached hydrogens (tertiary/aromatic N) is 1. The van der Waals surface area contributed by atoms with Gasteiger partial charge in [0.15, 0.2) is 0 Å². The molecule has 25 heavy (non-hydrogen) atoms. The molecule has 0 amide bonds. The fourth-order valence-electron chi connectivity index (χ4n) is 2.70. The first-order valence-electron chi connectivity index (χ1n) is 7.63. The molecule has 0 saturated heterocycles. The van der Waals surface area contributed by atoms with Crippen LogP contribution in [0.25, 0.3) is 11.1 Å². The smallest absolute Gasteiger partial charge is 0.304 e. The predicted molar refractivity (Wildman–Crippen MR) is 97.8 cm³/mol. The number of thiazole rings is 1. The van der Waals surface area contributed by atoms with Gasteiger partial charge in [0.25, 0.3) is 0 Å². The highest BCUT2D eigenvalue weighted by molar-refractivity contribution is 7.11. The van der Waals surface area contributed by atoms with Crippen LogP contribution in [0.3, 0.4) is 0 Å². The Hall–Kier alpha value is -2.24. The number of aromatic nitrogens is 1. The maximum atomic E-state index is 14.2. The third kappa shape index (κ3) is 4.06. The van der Waals surface area contributed by atoms with Gasteiger partial charge in [0.1, 0.15) is 10.8 Å². The molecular weight excluding hydrogens is 361 g/mol. The molecule has 3 nitrogen and oxygen atoms in total. The Morgan fingerprint density at radius 1 is 1.32 bits per heavy atom. The lowest BCUT2D eigenvalue weighted by molar-refractivity contribution is -0.137. The fourth-order valence-corrected chi connectivity index (χ4v) is 3.77. The van der Waals surface area contributed by atoms with E-state index in [0.717, 1.165) is 15.4 Å². The molecule has 0 fully saturated rings. The Kier molecular flexibility index (Phi) is 5.16. The maximum Gasteiger partial charge on any atom is 0.304 e. The number of rotatable bonds is 5. The first-order chi connectivity index (χ1) is 11.9. The zero-order chi connectivity index (χ0) is 18.0. The molecule has 1 atom stereocenters. The van der Waals surface area contributed by atoms with Crippen molar-refractivity contribution in [3.63, 3.8) is 0 Å². The van der Waals surface area contributed by atoms with Crippen LogP contribution >= 0.6 is 22.9 Å². The molecule has 0 aliphatic heterocycles. The van der Waals surface area contributed by atoms with Crippen LogP contribution in [0.1, 0.15) is 27.8 Å².